The third-order valence-electron chi connectivity index (χ3n) is 3.09. The lowest BCUT2D eigenvalue weighted by molar-refractivity contribution is 0.423. The minimum Gasteiger partial charge on any atom is -0.369 e. The molecule has 0 spiro atoms. The van der Waals surface area contributed by atoms with E-state index in [1.165, 1.54) is 6.42 Å². The van der Waals surface area contributed by atoms with E-state index < -0.39 is 0 Å². The van der Waals surface area contributed by atoms with Gasteiger partial charge in [0.2, 0.25) is 0 Å². The number of pyridine rings is 1. The van der Waals surface area contributed by atoms with Crippen LogP contribution in [0, 0.1) is 17.2 Å². The lowest BCUT2D eigenvalue weighted by Gasteiger charge is -2.33. The van der Waals surface area contributed by atoms with Crippen LogP contribution in [0.5, 0.6) is 0 Å². The Balaban J connectivity index is 2.20. The van der Waals surface area contributed by atoms with E-state index >= 15 is 0 Å². The molecule has 1 aliphatic heterocycles. The van der Waals surface area contributed by atoms with Crippen molar-refractivity contribution in [1.82, 2.24) is 4.98 Å². The van der Waals surface area contributed by atoms with Gasteiger partial charge in [-0.1, -0.05) is 0 Å². The van der Waals surface area contributed by atoms with Crippen LogP contribution >= 0.6 is 0 Å². The summed E-state index contributed by atoms with van der Waals surface area (Å²) >= 11 is 0. The normalized spacial score (nSPS) is 20.5. The first-order valence-corrected chi connectivity index (χ1v) is 5.65. The molecule has 1 aromatic heterocycles. The first kappa shape index (κ1) is 10.9. The number of aromatic nitrogens is 1. The Kier molecular flexibility index (Phi) is 3.37. The molecule has 0 radical (unpaired) electrons. The van der Waals surface area contributed by atoms with Crippen molar-refractivity contribution in [2.45, 2.75) is 12.8 Å². The SMILES string of the molecule is N#Cc1ncccc1N1CCCC(CN)C1. The minimum atomic E-state index is 0.514. The molecule has 16 heavy (non-hydrogen) atoms. The quantitative estimate of drug-likeness (QED) is 0.804. The van der Waals surface area contributed by atoms with Gasteiger partial charge in [0.25, 0.3) is 0 Å². The molecule has 2 heterocycles. The highest BCUT2D eigenvalue weighted by molar-refractivity contribution is 5.55. The van der Waals surface area contributed by atoms with Crippen molar-refractivity contribution in [2.24, 2.45) is 11.7 Å². The van der Waals surface area contributed by atoms with Crippen LogP contribution in [-0.2, 0) is 0 Å². The molecule has 84 valence electrons. The van der Waals surface area contributed by atoms with E-state index in [4.69, 9.17) is 11.0 Å². The smallest absolute Gasteiger partial charge is 0.163 e. The molecule has 2 rings (SSSR count). The van der Waals surface area contributed by atoms with Crippen LogP contribution in [0.2, 0.25) is 0 Å². The number of piperidine rings is 1. The van der Waals surface area contributed by atoms with Crippen molar-refractivity contribution < 1.29 is 0 Å². The second-order valence-electron chi connectivity index (χ2n) is 4.17. The molecule has 0 amide bonds. The van der Waals surface area contributed by atoms with E-state index in [0.717, 1.165) is 31.7 Å². The monoisotopic (exact) mass is 216 g/mol. The van der Waals surface area contributed by atoms with Crippen LogP contribution in [0.15, 0.2) is 18.3 Å². The van der Waals surface area contributed by atoms with Crippen molar-refractivity contribution in [3.05, 3.63) is 24.0 Å². The summed E-state index contributed by atoms with van der Waals surface area (Å²) in [6.07, 6.45) is 3.99. The molecule has 4 nitrogen and oxygen atoms in total. The van der Waals surface area contributed by atoms with Gasteiger partial charge in [-0.15, -0.1) is 0 Å². The fourth-order valence-corrected chi connectivity index (χ4v) is 2.21. The maximum atomic E-state index is 9.01. The number of anilines is 1. The summed E-state index contributed by atoms with van der Waals surface area (Å²) < 4.78 is 0. The molecule has 0 saturated carbocycles. The molecule has 0 bridgehead atoms. The molecule has 2 N–H and O–H groups in total. The Labute approximate surface area is 95.7 Å². The fourth-order valence-electron chi connectivity index (χ4n) is 2.21. The highest BCUT2D eigenvalue weighted by Crippen LogP contribution is 2.24. The first-order chi connectivity index (χ1) is 7.85. The van der Waals surface area contributed by atoms with Gasteiger partial charge in [-0.05, 0) is 37.4 Å². The summed E-state index contributed by atoms with van der Waals surface area (Å²) in [5.41, 5.74) is 7.17. The molecule has 1 saturated heterocycles. The molecule has 0 aromatic carbocycles. The largest absolute Gasteiger partial charge is 0.369 e. The molecule has 1 atom stereocenters. The van der Waals surface area contributed by atoms with Crippen LogP contribution in [0.3, 0.4) is 0 Å². The lowest BCUT2D eigenvalue weighted by atomic mass is 9.97. The van der Waals surface area contributed by atoms with Gasteiger partial charge >= 0.3 is 0 Å². The molecule has 1 aromatic rings. The van der Waals surface area contributed by atoms with Gasteiger partial charge in [0.05, 0.1) is 5.69 Å². The Bertz CT molecular complexity index is 396. The van der Waals surface area contributed by atoms with Crippen LogP contribution < -0.4 is 10.6 Å². The molecule has 1 aliphatic rings. The van der Waals surface area contributed by atoms with Crippen molar-refractivity contribution in [3.8, 4) is 6.07 Å². The van der Waals surface area contributed by atoms with Crippen LogP contribution in [0.1, 0.15) is 18.5 Å². The maximum absolute atomic E-state index is 9.01. The zero-order valence-corrected chi connectivity index (χ0v) is 9.26. The van der Waals surface area contributed by atoms with Crippen molar-refractivity contribution in [2.75, 3.05) is 24.5 Å². The molecular formula is C12H16N4. The Hall–Kier alpha value is -1.60. The van der Waals surface area contributed by atoms with Crippen LogP contribution in [-0.4, -0.2) is 24.6 Å². The van der Waals surface area contributed by atoms with Gasteiger partial charge in [-0.25, -0.2) is 4.98 Å². The molecule has 1 fully saturated rings. The summed E-state index contributed by atoms with van der Waals surface area (Å²) in [5.74, 6) is 0.542. The van der Waals surface area contributed by atoms with E-state index in [1.807, 2.05) is 12.1 Å². The highest BCUT2D eigenvalue weighted by atomic mass is 15.1. The van der Waals surface area contributed by atoms with Crippen molar-refractivity contribution in [3.63, 3.8) is 0 Å². The highest BCUT2D eigenvalue weighted by Gasteiger charge is 2.20. The number of rotatable bonds is 2. The van der Waals surface area contributed by atoms with E-state index in [9.17, 15) is 0 Å². The minimum absolute atomic E-state index is 0.514. The summed E-state index contributed by atoms with van der Waals surface area (Å²) in [4.78, 5) is 6.32. The number of nitrogens with zero attached hydrogens (tertiary/aromatic N) is 3. The summed E-state index contributed by atoms with van der Waals surface area (Å²) in [5, 5.41) is 9.01. The second kappa shape index (κ2) is 4.95. The van der Waals surface area contributed by atoms with Gasteiger partial charge in [0.1, 0.15) is 6.07 Å². The standard InChI is InChI=1S/C12H16N4/c13-7-10-3-2-6-16(9-10)12-4-1-5-15-11(12)8-14/h1,4-5,10H,2-3,6-7,9,13H2. The molecule has 4 heteroatoms. The van der Waals surface area contributed by atoms with Gasteiger partial charge in [0.15, 0.2) is 5.69 Å². The third kappa shape index (κ3) is 2.15. The van der Waals surface area contributed by atoms with Crippen LogP contribution in [0.25, 0.3) is 0 Å². The molecule has 0 aliphatic carbocycles. The predicted molar refractivity (Wildman–Crippen MR) is 62.9 cm³/mol. The fraction of sp³-hybridized carbons (Fsp3) is 0.500. The van der Waals surface area contributed by atoms with Gasteiger partial charge in [-0.2, -0.15) is 5.26 Å². The van der Waals surface area contributed by atoms with Crippen molar-refractivity contribution >= 4 is 5.69 Å². The topological polar surface area (TPSA) is 65.9 Å². The van der Waals surface area contributed by atoms with E-state index in [0.29, 0.717) is 11.6 Å². The average Bonchev–Trinajstić information content (AvgIpc) is 2.38. The first-order valence-electron chi connectivity index (χ1n) is 5.65. The van der Waals surface area contributed by atoms with E-state index in [1.54, 1.807) is 6.20 Å². The third-order valence-corrected chi connectivity index (χ3v) is 3.09. The Morgan fingerprint density at radius 1 is 1.62 bits per heavy atom. The number of nitriles is 1. The van der Waals surface area contributed by atoms with Gasteiger partial charge in [-0.3, -0.25) is 0 Å². The molecular weight excluding hydrogens is 200 g/mol. The summed E-state index contributed by atoms with van der Waals surface area (Å²) in [6.45, 7) is 2.66. The van der Waals surface area contributed by atoms with E-state index in [-0.39, 0.29) is 0 Å². The average molecular weight is 216 g/mol. The zero-order valence-electron chi connectivity index (χ0n) is 9.26. The Morgan fingerprint density at radius 2 is 2.50 bits per heavy atom. The van der Waals surface area contributed by atoms with E-state index in [2.05, 4.69) is 16.0 Å². The van der Waals surface area contributed by atoms with Gasteiger partial charge < -0.3 is 10.6 Å². The second-order valence-corrected chi connectivity index (χ2v) is 4.17. The maximum Gasteiger partial charge on any atom is 0.163 e. The summed E-state index contributed by atoms with van der Waals surface area (Å²) in [7, 11) is 0. The predicted octanol–water partition coefficient (Wildman–Crippen LogP) is 1.13. The van der Waals surface area contributed by atoms with Gasteiger partial charge in [0, 0.05) is 19.3 Å². The van der Waals surface area contributed by atoms with Crippen molar-refractivity contribution in [1.29, 1.82) is 5.26 Å². The lowest BCUT2D eigenvalue weighted by Crippen LogP contribution is -2.38. The summed E-state index contributed by atoms with van der Waals surface area (Å²) in [6, 6.07) is 5.98. The zero-order chi connectivity index (χ0) is 11.4. The number of hydrogen-bond donors (Lipinski definition) is 1. The number of nitrogens with two attached hydrogens (primary N) is 1. The molecule has 1 unspecified atom stereocenters. The van der Waals surface area contributed by atoms with Crippen LogP contribution in [0.4, 0.5) is 5.69 Å². The number of hydrogen-bond acceptors (Lipinski definition) is 4. The Morgan fingerprint density at radius 3 is 3.25 bits per heavy atom.